The minimum Gasteiger partial charge on any atom is -0.481 e. The first-order valence-corrected chi connectivity index (χ1v) is 5.20. The number of carbonyl (C=O) groups is 1. The van der Waals surface area contributed by atoms with E-state index in [4.69, 9.17) is 14.6 Å². The predicted molar refractivity (Wildman–Crippen MR) is 51.0 cm³/mol. The van der Waals surface area contributed by atoms with Crippen LogP contribution in [0.5, 0.6) is 0 Å². The topological polar surface area (TPSA) is 55.8 Å². The molecule has 1 rings (SSSR count). The molecule has 0 aromatic heterocycles. The van der Waals surface area contributed by atoms with Gasteiger partial charge < -0.3 is 14.6 Å². The van der Waals surface area contributed by atoms with Crippen molar-refractivity contribution in [2.24, 2.45) is 5.92 Å². The Hall–Kier alpha value is -0.610. The number of ether oxygens (including phenoxy) is 2. The molecular formula is C10H18O4. The van der Waals surface area contributed by atoms with E-state index in [9.17, 15) is 4.79 Å². The molecule has 0 saturated carbocycles. The number of hydrogen-bond acceptors (Lipinski definition) is 3. The molecule has 1 fully saturated rings. The van der Waals surface area contributed by atoms with Crippen LogP contribution in [0.2, 0.25) is 0 Å². The number of unbranched alkanes of at least 4 members (excludes halogenated alkanes) is 2. The van der Waals surface area contributed by atoms with Crippen LogP contribution < -0.4 is 0 Å². The average Bonchev–Trinajstić information content (AvgIpc) is 2.19. The zero-order chi connectivity index (χ0) is 10.4. The Morgan fingerprint density at radius 3 is 2.50 bits per heavy atom. The average molecular weight is 202 g/mol. The monoisotopic (exact) mass is 202 g/mol. The van der Waals surface area contributed by atoms with Gasteiger partial charge in [-0.15, -0.1) is 0 Å². The number of hydrogen-bond donors (Lipinski definition) is 1. The van der Waals surface area contributed by atoms with Gasteiger partial charge in [0.1, 0.15) is 5.92 Å². The molecule has 0 atom stereocenters. The number of rotatable bonds is 5. The highest BCUT2D eigenvalue weighted by Crippen LogP contribution is 2.16. The third kappa shape index (κ3) is 3.64. The smallest absolute Gasteiger partial charge is 0.311 e. The molecule has 0 aliphatic carbocycles. The summed E-state index contributed by atoms with van der Waals surface area (Å²) >= 11 is 0. The second-order valence-electron chi connectivity index (χ2n) is 3.63. The van der Waals surface area contributed by atoms with Crippen molar-refractivity contribution < 1.29 is 19.4 Å². The van der Waals surface area contributed by atoms with Gasteiger partial charge in [0.2, 0.25) is 0 Å². The summed E-state index contributed by atoms with van der Waals surface area (Å²) in [6, 6.07) is 0. The highest BCUT2D eigenvalue weighted by Gasteiger charge is 2.26. The van der Waals surface area contributed by atoms with E-state index in [1.807, 2.05) is 0 Å². The van der Waals surface area contributed by atoms with Crippen LogP contribution in [0, 0.1) is 5.92 Å². The fourth-order valence-corrected chi connectivity index (χ4v) is 1.41. The zero-order valence-electron chi connectivity index (χ0n) is 8.57. The van der Waals surface area contributed by atoms with E-state index in [1.165, 1.54) is 12.8 Å². The van der Waals surface area contributed by atoms with Crippen LogP contribution in [0.15, 0.2) is 0 Å². The molecule has 1 aliphatic rings. The van der Waals surface area contributed by atoms with Crippen LogP contribution in [-0.2, 0) is 14.3 Å². The Morgan fingerprint density at radius 1 is 1.36 bits per heavy atom. The Labute approximate surface area is 84.2 Å². The van der Waals surface area contributed by atoms with Crippen LogP contribution in [-0.4, -0.2) is 30.6 Å². The summed E-state index contributed by atoms with van der Waals surface area (Å²) in [6.07, 6.45) is 4.12. The SMILES string of the molecule is CCCCCC1OCC(C(=O)O)CO1. The summed E-state index contributed by atoms with van der Waals surface area (Å²) in [4.78, 5) is 10.6. The van der Waals surface area contributed by atoms with Gasteiger partial charge in [-0.1, -0.05) is 19.8 Å². The molecule has 0 spiro atoms. The van der Waals surface area contributed by atoms with Gasteiger partial charge >= 0.3 is 5.97 Å². The van der Waals surface area contributed by atoms with Gasteiger partial charge in [-0.25, -0.2) is 0 Å². The standard InChI is InChI=1S/C10H18O4/c1-2-3-4-5-9-13-6-8(7-14-9)10(11)12/h8-9H,2-7H2,1H3,(H,11,12). The molecule has 14 heavy (non-hydrogen) atoms. The van der Waals surface area contributed by atoms with Crippen molar-refractivity contribution in [2.75, 3.05) is 13.2 Å². The van der Waals surface area contributed by atoms with Gasteiger partial charge in [-0.05, 0) is 12.8 Å². The predicted octanol–water partition coefficient (Wildman–Crippen LogP) is 1.64. The maximum atomic E-state index is 10.6. The van der Waals surface area contributed by atoms with Crippen LogP contribution in [0.4, 0.5) is 0 Å². The molecule has 0 bridgehead atoms. The van der Waals surface area contributed by atoms with Gasteiger partial charge in [0, 0.05) is 0 Å². The van der Waals surface area contributed by atoms with Crippen molar-refractivity contribution in [1.82, 2.24) is 0 Å². The fraction of sp³-hybridized carbons (Fsp3) is 0.900. The third-order valence-corrected chi connectivity index (χ3v) is 2.36. The lowest BCUT2D eigenvalue weighted by Gasteiger charge is -2.27. The van der Waals surface area contributed by atoms with Gasteiger partial charge in [0.25, 0.3) is 0 Å². The third-order valence-electron chi connectivity index (χ3n) is 2.36. The van der Waals surface area contributed by atoms with Crippen molar-refractivity contribution >= 4 is 5.97 Å². The molecule has 0 aromatic rings. The lowest BCUT2D eigenvalue weighted by atomic mass is 10.1. The summed E-state index contributed by atoms with van der Waals surface area (Å²) in [6.45, 7) is 2.71. The fourth-order valence-electron chi connectivity index (χ4n) is 1.41. The second kappa shape index (κ2) is 5.98. The molecule has 1 N–H and O–H groups in total. The number of carboxylic acids is 1. The molecule has 82 valence electrons. The Balaban J connectivity index is 2.12. The minimum atomic E-state index is -0.836. The molecule has 0 aromatic carbocycles. The van der Waals surface area contributed by atoms with Crippen molar-refractivity contribution in [3.63, 3.8) is 0 Å². The van der Waals surface area contributed by atoms with E-state index < -0.39 is 11.9 Å². The first kappa shape index (κ1) is 11.5. The molecule has 1 saturated heterocycles. The van der Waals surface area contributed by atoms with Crippen molar-refractivity contribution in [3.8, 4) is 0 Å². The normalized spacial score (nSPS) is 27.5. The van der Waals surface area contributed by atoms with Gasteiger partial charge in [-0.2, -0.15) is 0 Å². The van der Waals surface area contributed by atoms with Crippen LogP contribution >= 0.6 is 0 Å². The molecule has 0 radical (unpaired) electrons. The summed E-state index contributed by atoms with van der Waals surface area (Å²) in [5, 5.41) is 8.68. The summed E-state index contributed by atoms with van der Waals surface area (Å²) < 4.78 is 10.6. The van der Waals surface area contributed by atoms with Crippen LogP contribution in [0.25, 0.3) is 0 Å². The Bertz CT molecular complexity index is 173. The zero-order valence-corrected chi connectivity index (χ0v) is 8.57. The number of carboxylic acid groups (broad SMARTS) is 1. The lowest BCUT2D eigenvalue weighted by molar-refractivity contribution is -0.209. The van der Waals surface area contributed by atoms with Gasteiger partial charge in [0.05, 0.1) is 13.2 Å². The van der Waals surface area contributed by atoms with Crippen molar-refractivity contribution in [2.45, 2.75) is 38.9 Å². The largest absolute Gasteiger partial charge is 0.481 e. The van der Waals surface area contributed by atoms with E-state index in [0.29, 0.717) is 0 Å². The summed E-state index contributed by atoms with van der Waals surface area (Å²) in [5.41, 5.74) is 0. The van der Waals surface area contributed by atoms with Gasteiger partial charge in [-0.3, -0.25) is 4.79 Å². The second-order valence-corrected chi connectivity index (χ2v) is 3.63. The first-order valence-electron chi connectivity index (χ1n) is 5.20. The molecule has 4 nitrogen and oxygen atoms in total. The van der Waals surface area contributed by atoms with Crippen LogP contribution in [0.3, 0.4) is 0 Å². The van der Waals surface area contributed by atoms with Crippen molar-refractivity contribution in [1.29, 1.82) is 0 Å². The molecule has 0 unspecified atom stereocenters. The molecule has 4 heteroatoms. The van der Waals surface area contributed by atoms with Crippen molar-refractivity contribution in [3.05, 3.63) is 0 Å². The van der Waals surface area contributed by atoms with E-state index in [1.54, 1.807) is 0 Å². The van der Waals surface area contributed by atoms with Gasteiger partial charge in [0.15, 0.2) is 6.29 Å². The Kier molecular flexibility index (Phi) is 4.90. The minimum absolute atomic E-state index is 0.183. The Morgan fingerprint density at radius 2 is 2.00 bits per heavy atom. The van der Waals surface area contributed by atoms with E-state index >= 15 is 0 Å². The maximum absolute atomic E-state index is 10.6. The lowest BCUT2D eigenvalue weighted by Crippen LogP contribution is -2.36. The summed E-state index contributed by atoms with van der Waals surface area (Å²) in [5.74, 6) is -1.32. The number of aliphatic carboxylic acids is 1. The highest BCUT2D eigenvalue weighted by molar-refractivity contribution is 5.70. The molecular weight excluding hydrogens is 184 g/mol. The molecule has 1 aliphatic heterocycles. The molecule has 1 heterocycles. The van der Waals surface area contributed by atoms with E-state index in [2.05, 4.69) is 6.92 Å². The van der Waals surface area contributed by atoms with Crippen LogP contribution in [0.1, 0.15) is 32.6 Å². The highest BCUT2D eigenvalue weighted by atomic mass is 16.7. The quantitative estimate of drug-likeness (QED) is 0.688. The summed E-state index contributed by atoms with van der Waals surface area (Å²) in [7, 11) is 0. The van der Waals surface area contributed by atoms with E-state index in [0.717, 1.165) is 12.8 Å². The maximum Gasteiger partial charge on any atom is 0.311 e. The first-order chi connectivity index (χ1) is 6.74. The molecule has 0 amide bonds. The van der Waals surface area contributed by atoms with E-state index in [-0.39, 0.29) is 19.5 Å².